The molecular weight excluding hydrogens is 238 g/mol. The Labute approximate surface area is 115 Å². The molecule has 3 heteroatoms. The van der Waals surface area contributed by atoms with Crippen molar-refractivity contribution in [1.82, 2.24) is 0 Å². The Bertz CT molecular complexity index is 456. The first-order valence-electron chi connectivity index (χ1n) is 7.20. The number of carbonyl (C=O) groups is 1. The van der Waals surface area contributed by atoms with Crippen LogP contribution in [0.2, 0.25) is 0 Å². The van der Waals surface area contributed by atoms with Crippen molar-refractivity contribution in [3.05, 3.63) is 29.3 Å². The average Bonchev–Trinajstić information content (AvgIpc) is 2.39. The van der Waals surface area contributed by atoms with E-state index in [2.05, 4.69) is 36.9 Å². The molecule has 0 amide bonds. The van der Waals surface area contributed by atoms with Crippen LogP contribution in [0.1, 0.15) is 43.7 Å². The SMILES string of the molecule is CCc1cccc(C)c1N1CCCCC1CC(=O)O. The lowest BCUT2D eigenvalue weighted by Gasteiger charge is -2.39. The fourth-order valence-electron chi connectivity index (χ4n) is 3.12. The van der Waals surface area contributed by atoms with Crippen molar-refractivity contribution in [2.75, 3.05) is 11.4 Å². The molecule has 2 rings (SSSR count). The number of aryl methyl sites for hydroxylation is 2. The van der Waals surface area contributed by atoms with Crippen molar-refractivity contribution in [2.24, 2.45) is 0 Å². The maximum Gasteiger partial charge on any atom is 0.305 e. The van der Waals surface area contributed by atoms with E-state index in [-0.39, 0.29) is 12.5 Å². The van der Waals surface area contributed by atoms with Gasteiger partial charge in [0.1, 0.15) is 0 Å². The Hall–Kier alpha value is -1.51. The molecule has 104 valence electrons. The number of rotatable bonds is 4. The molecule has 0 radical (unpaired) electrons. The lowest BCUT2D eigenvalue weighted by atomic mass is 9.95. The normalized spacial score (nSPS) is 19.5. The van der Waals surface area contributed by atoms with Crippen LogP contribution in [0.4, 0.5) is 5.69 Å². The van der Waals surface area contributed by atoms with Gasteiger partial charge in [-0.25, -0.2) is 0 Å². The van der Waals surface area contributed by atoms with Gasteiger partial charge in [-0.3, -0.25) is 4.79 Å². The number of aliphatic carboxylic acids is 1. The van der Waals surface area contributed by atoms with Crippen LogP contribution in [0.5, 0.6) is 0 Å². The quantitative estimate of drug-likeness (QED) is 0.903. The first-order chi connectivity index (χ1) is 9.13. The van der Waals surface area contributed by atoms with Crippen molar-refractivity contribution in [3.63, 3.8) is 0 Å². The van der Waals surface area contributed by atoms with Gasteiger partial charge >= 0.3 is 5.97 Å². The molecule has 1 heterocycles. The van der Waals surface area contributed by atoms with Gasteiger partial charge in [0.05, 0.1) is 6.42 Å². The van der Waals surface area contributed by atoms with E-state index in [0.717, 1.165) is 32.2 Å². The van der Waals surface area contributed by atoms with Gasteiger partial charge in [-0.15, -0.1) is 0 Å². The molecule has 0 saturated carbocycles. The first kappa shape index (κ1) is 13.9. The third-order valence-electron chi connectivity index (χ3n) is 4.03. The van der Waals surface area contributed by atoms with Crippen molar-refractivity contribution in [1.29, 1.82) is 0 Å². The summed E-state index contributed by atoms with van der Waals surface area (Å²) in [6.07, 6.45) is 4.53. The van der Waals surface area contributed by atoms with E-state index in [4.69, 9.17) is 5.11 Å². The lowest BCUT2D eigenvalue weighted by Crippen LogP contribution is -2.41. The monoisotopic (exact) mass is 261 g/mol. The summed E-state index contributed by atoms with van der Waals surface area (Å²) in [5, 5.41) is 9.10. The highest BCUT2D eigenvalue weighted by Gasteiger charge is 2.26. The molecule has 1 fully saturated rings. The summed E-state index contributed by atoms with van der Waals surface area (Å²) in [5.74, 6) is -0.691. The molecule has 1 aromatic carbocycles. The first-order valence-corrected chi connectivity index (χ1v) is 7.20. The highest BCUT2D eigenvalue weighted by atomic mass is 16.4. The molecule has 1 aromatic rings. The minimum absolute atomic E-state index is 0.151. The fourth-order valence-corrected chi connectivity index (χ4v) is 3.12. The Morgan fingerprint density at radius 3 is 2.89 bits per heavy atom. The molecule has 1 N–H and O–H groups in total. The zero-order chi connectivity index (χ0) is 13.8. The number of piperidine rings is 1. The predicted molar refractivity (Wildman–Crippen MR) is 77.8 cm³/mol. The van der Waals surface area contributed by atoms with Crippen LogP contribution < -0.4 is 4.90 Å². The molecule has 1 saturated heterocycles. The molecule has 1 aliphatic heterocycles. The van der Waals surface area contributed by atoms with Gasteiger partial charge in [-0.1, -0.05) is 25.1 Å². The van der Waals surface area contributed by atoms with E-state index in [9.17, 15) is 4.79 Å². The summed E-state index contributed by atoms with van der Waals surface area (Å²) in [6, 6.07) is 6.53. The number of hydrogen-bond donors (Lipinski definition) is 1. The number of benzene rings is 1. The van der Waals surface area contributed by atoms with E-state index < -0.39 is 5.97 Å². The average molecular weight is 261 g/mol. The number of carboxylic acids is 1. The van der Waals surface area contributed by atoms with E-state index >= 15 is 0 Å². The van der Waals surface area contributed by atoms with E-state index in [1.165, 1.54) is 16.8 Å². The molecule has 1 unspecified atom stereocenters. The second-order valence-electron chi connectivity index (χ2n) is 5.38. The summed E-state index contributed by atoms with van der Waals surface area (Å²) in [6.45, 7) is 5.27. The number of hydrogen-bond acceptors (Lipinski definition) is 2. The molecule has 1 aliphatic rings. The summed E-state index contributed by atoms with van der Waals surface area (Å²) in [4.78, 5) is 13.4. The van der Waals surface area contributed by atoms with Crippen molar-refractivity contribution < 1.29 is 9.90 Å². The van der Waals surface area contributed by atoms with Crippen LogP contribution in [0, 0.1) is 6.92 Å². The Balaban J connectivity index is 2.34. The minimum Gasteiger partial charge on any atom is -0.481 e. The second kappa shape index (κ2) is 6.09. The highest BCUT2D eigenvalue weighted by molar-refractivity contribution is 5.69. The van der Waals surface area contributed by atoms with Gasteiger partial charge < -0.3 is 10.0 Å². The van der Waals surface area contributed by atoms with Crippen molar-refractivity contribution in [3.8, 4) is 0 Å². The van der Waals surface area contributed by atoms with E-state index in [1.54, 1.807) is 0 Å². The van der Waals surface area contributed by atoms with Crippen LogP contribution in [-0.4, -0.2) is 23.7 Å². The summed E-state index contributed by atoms with van der Waals surface area (Å²) >= 11 is 0. The Kier molecular flexibility index (Phi) is 4.46. The fraction of sp³-hybridized carbons (Fsp3) is 0.562. The van der Waals surface area contributed by atoms with Crippen LogP contribution in [0.25, 0.3) is 0 Å². The zero-order valence-corrected chi connectivity index (χ0v) is 11.9. The lowest BCUT2D eigenvalue weighted by molar-refractivity contribution is -0.137. The summed E-state index contributed by atoms with van der Waals surface area (Å²) < 4.78 is 0. The van der Waals surface area contributed by atoms with Gasteiger partial charge in [0.2, 0.25) is 0 Å². The molecule has 19 heavy (non-hydrogen) atoms. The Morgan fingerprint density at radius 1 is 1.42 bits per heavy atom. The minimum atomic E-state index is -0.691. The molecule has 1 atom stereocenters. The topological polar surface area (TPSA) is 40.5 Å². The van der Waals surface area contributed by atoms with E-state index in [1.807, 2.05) is 0 Å². The molecule has 0 aromatic heterocycles. The molecule has 0 aliphatic carbocycles. The van der Waals surface area contributed by atoms with Crippen LogP contribution in [0.3, 0.4) is 0 Å². The Morgan fingerprint density at radius 2 is 2.21 bits per heavy atom. The smallest absolute Gasteiger partial charge is 0.305 e. The largest absolute Gasteiger partial charge is 0.481 e. The van der Waals surface area contributed by atoms with Gasteiger partial charge in [-0.2, -0.15) is 0 Å². The summed E-state index contributed by atoms with van der Waals surface area (Å²) in [7, 11) is 0. The van der Waals surface area contributed by atoms with Crippen molar-refractivity contribution in [2.45, 2.75) is 52.0 Å². The van der Waals surface area contributed by atoms with Gasteiger partial charge in [-0.05, 0) is 43.7 Å². The zero-order valence-electron chi connectivity index (χ0n) is 11.9. The number of para-hydroxylation sites is 1. The van der Waals surface area contributed by atoms with Crippen LogP contribution in [0.15, 0.2) is 18.2 Å². The third kappa shape index (κ3) is 3.09. The van der Waals surface area contributed by atoms with Crippen molar-refractivity contribution >= 4 is 11.7 Å². The molecule has 0 bridgehead atoms. The number of nitrogens with zero attached hydrogens (tertiary/aromatic N) is 1. The van der Waals surface area contributed by atoms with Gasteiger partial charge in [0, 0.05) is 18.3 Å². The number of carboxylic acid groups (broad SMARTS) is 1. The maximum absolute atomic E-state index is 11.1. The molecule has 0 spiro atoms. The predicted octanol–water partition coefficient (Wildman–Crippen LogP) is 3.39. The van der Waals surface area contributed by atoms with Crippen LogP contribution >= 0.6 is 0 Å². The van der Waals surface area contributed by atoms with Crippen LogP contribution in [-0.2, 0) is 11.2 Å². The maximum atomic E-state index is 11.1. The summed E-state index contributed by atoms with van der Waals surface area (Å²) in [5.41, 5.74) is 3.87. The van der Waals surface area contributed by atoms with E-state index in [0.29, 0.717) is 0 Å². The highest BCUT2D eigenvalue weighted by Crippen LogP contribution is 2.32. The standard InChI is InChI=1S/C16H23NO2/c1-3-13-8-6-7-12(2)16(13)17-10-5-4-9-14(17)11-15(18)19/h6-8,14H,3-5,9-11H2,1-2H3,(H,18,19). The van der Waals surface area contributed by atoms with Gasteiger partial charge in [0.15, 0.2) is 0 Å². The third-order valence-corrected chi connectivity index (χ3v) is 4.03. The second-order valence-corrected chi connectivity index (χ2v) is 5.38. The number of anilines is 1. The molecular formula is C16H23NO2. The van der Waals surface area contributed by atoms with Gasteiger partial charge in [0.25, 0.3) is 0 Å². The molecule has 3 nitrogen and oxygen atoms in total.